The predicted octanol–water partition coefficient (Wildman–Crippen LogP) is -1.37. The Morgan fingerprint density at radius 1 is 1.50 bits per heavy atom. The molecule has 0 bridgehead atoms. The van der Waals surface area contributed by atoms with Crippen molar-refractivity contribution in [2.45, 2.75) is 0 Å². The van der Waals surface area contributed by atoms with E-state index >= 15 is 0 Å². The maximum absolute atomic E-state index is 10.5. The van der Waals surface area contributed by atoms with Gasteiger partial charge >= 0.3 is 15.1 Å². The van der Waals surface area contributed by atoms with Gasteiger partial charge < -0.3 is 19.5 Å². The van der Waals surface area contributed by atoms with Gasteiger partial charge in [0.15, 0.2) is 0 Å². The van der Waals surface area contributed by atoms with Gasteiger partial charge in [0.05, 0.1) is 0 Å². The van der Waals surface area contributed by atoms with Crippen LogP contribution in [0.3, 0.4) is 0 Å². The zero-order valence-corrected chi connectivity index (χ0v) is 5.86. The molecule has 0 radical (unpaired) electrons. The number of hydrogen-bond acceptors (Lipinski definition) is 4. The van der Waals surface area contributed by atoms with Gasteiger partial charge in [0.25, 0.3) is 0 Å². The number of carboxylic acids is 1. The van der Waals surface area contributed by atoms with Crippen LogP contribution >= 0.6 is 0 Å². The minimum atomic E-state index is -5.11. The van der Waals surface area contributed by atoms with Gasteiger partial charge in [-0.15, -0.1) is 0 Å². The lowest BCUT2D eigenvalue weighted by molar-refractivity contribution is -0.131. The molecule has 0 saturated heterocycles. The Morgan fingerprint density at radius 2 is 1.60 bits per heavy atom. The van der Waals surface area contributed by atoms with Crippen LogP contribution in [0, 0.1) is 0 Å². The molecule has 5 nitrogen and oxygen atoms in total. The molecule has 4 N–H and O–H groups in total. The van der Waals surface area contributed by atoms with Crippen LogP contribution in [-0.4, -0.2) is 34.6 Å². The van der Waals surface area contributed by atoms with Gasteiger partial charge in [-0.25, -0.2) is 8.90 Å². The molecule has 0 aromatic heterocycles. The van der Waals surface area contributed by atoms with E-state index < -0.39 is 15.1 Å². The molecule has 0 aliphatic heterocycles. The molecule has 0 saturated carbocycles. The van der Waals surface area contributed by atoms with E-state index in [4.69, 9.17) is 19.5 Å². The summed E-state index contributed by atoms with van der Waals surface area (Å²) in [4.78, 5) is 30.6. The minimum Gasteiger partial charge on any atom is -0.478 e. The quantitative estimate of drug-likeness (QED) is 0.221. The second-order valence-corrected chi connectivity index (χ2v) is 2.20. The second kappa shape index (κ2) is 5.06. The van der Waals surface area contributed by atoms with E-state index in [9.17, 15) is 8.90 Å². The first-order chi connectivity index (χ1) is 4.27. The average molecular weight is 170 g/mol. The minimum absolute atomic E-state index is 0.833. The molecular formula is C3H7FO5Si. The largest absolute Gasteiger partial charge is 0.711 e. The first kappa shape index (κ1) is 12.0. The number of carbonyl (C=O) groups is 1. The van der Waals surface area contributed by atoms with Crippen LogP contribution in [-0.2, 0) is 4.79 Å². The highest BCUT2D eigenvalue weighted by Crippen LogP contribution is 1.79. The summed E-state index contributed by atoms with van der Waals surface area (Å²) in [7, 11) is -5.11. The topological polar surface area (TPSA) is 98.0 Å². The molecule has 0 aromatic carbocycles. The molecule has 0 atom stereocenters. The number of carboxylic acid groups (broad SMARTS) is 1. The van der Waals surface area contributed by atoms with Gasteiger partial charge in [-0.2, -0.15) is 0 Å². The molecule has 0 unspecified atom stereocenters. The zero-order chi connectivity index (χ0) is 8.78. The number of aliphatic carboxylic acids is 1. The van der Waals surface area contributed by atoms with Crippen molar-refractivity contribution >= 4 is 15.1 Å². The second-order valence-electron chi connectivity index (χ2n) is 1.10. The molecule has 0 rings (SSSR count). The predicted molar refractivity (Wildman–Crippen MR) is 31.4 cm³/mol. The van der Waals surface area contributed by atoms with Gasteiger partial charge in [0, 0.05) is 6.08 Å². The Bertz CT molecular complexity index is 113. The van der Waals surface area contributed by atoms with E-state index in [-0.39, 0.29) is 0 Å². The third kappa shape index (κ3) is 184. The Hall–Kier alpha value is -0.763. The smallest absolute Gasteiger partial charge is 0.478 e. The molecule has 10 heavy (non-hydrogen) atoms. The van der Waals surface area contributed by atoms with Gasteiger partial charge in [-0.3, -0.25) is 0 Å². The van der Waals surface area contributed by atoms with Crippen molar-refractivity contribution in [1.82, 2.24) is 0 Å². The Balaban J connectivity index is 0. The zero-order valence-electron chi connectivity index (χ0n) is 4.86. The first-order valence-electron chi connectivity index (χ1n) is 1.98. The van der Waals surface area contributed by atoms with Crippen molar-refractivity contribution < 1.29 is 28.4 Å². The molecule has 0 heterocycles. The Labute approximate surface area is 57.2 Å². The number of rotatable bonds is 1. The molecule has 7 heteroatoms. The van der Waals surface area contributed by atoms with Crippen molar-refractivity contribution in [3.8, 4) is 0 Å². The molecule has 0 aromatic rings. The molecule has 60 valence electrons. The van der Waals surface area contributed by atoms with E-state index in [1.807, 2.05) is 0 Å². The van der Waals surface area contributed by atoms with Crippen molar-refractivity contribution in [2.75, 3.05) is 0 Å². The van der Waals surface area contributed by atoms with Gasteiger partial charge in [-0.05, 0) is 0 Å². The third-order valence-corrected chi connectivity index (χ3v) is 0.175. The summed E-state index contributed by atoms with van der Waals surface area (Å²) in [6.07, 6.45) is 0.833. The highest BCUT2D eigenvalue weighted by Gasteiger charge is 2.26. The highest BCUT2D eigenvalue weighted by atomic mass is 28.4. The average Bonchev–Trinajstić information content (AvgIpc) is 1.61. The maximum Gasteiger partial charge on any atom is 0.711 e. The van der Waals surface area contributed by atoms with E-state index in [1.54, 1.807) is 0 Å². The van der Waals surface area contributed by atoms with Crippen LogP contribution in [0.25, 0.3) is 0 Å². The van der Waals surface area contributed by atoms with Crippen molar-refractivity contribution in [3.63, 3.8) is 0 Å². The summed E-state index contributed by atoms with van der Waals surface area (Å²) in [6.45, 7) is 2.96. The standard InChI is InChI=1S/C3H4O2.FH3O3Si/c1-2-3(4)5;1-5(2,3)4/h2H,1H2,(H,4,5);2-4H. The third-order valence-electron chi connectivity index (χ3n) is 0.175. The highest BCUT2D eigenvalue weighted by molar-refractivity contribution is 6.47. The van der Waals surface area contributed by atoms with Crippen LogP contribution in [0.4, 0.5) is 4.11 Å². The van der Waals surface area contributed by atoms with E-state index in [2.05, 4.69) is 6.58 Å². The molecular weight excluding hydrogens is 163 g/mol. The lowest BCUT2D eigenvalue weighted by Crippen LogP contribution is -2.27. The Kier molecular flexibility index (Phi) is 6.05. The number of hydrogen-bond donors (Lipinski definition) is 4. The molecule has 0 fully saturated rings. The van der Waals surface area contributed by atoms with Crippen LogP contribution < -0.4 is 0 Å². The summed E-state index contributed by atoms with van der Waals surface area (Å²) in [5, 5.41) is 7.60. The lowest BCUT2D eigenvalue weighted by atomic mass is 10.7. The van der Waals surface area contributed by atoms with E-state index in [0.717, 1.165) is 6.08 Å². The summed E-state index contributed by atoms with van der Waals surface area (Å²) < 4.78 is 10.5. The Morgan fingerprint density at radius 3 is 1.60 bits per heavy atom. The van der Waals surface area contributed by atoms with Gasteiger partial charge in [0.2, 0.25) is 0 Å². The van der Waals surface area contributed by atoms with Crippen molar-refractivity contribution in [1.29, 1.82) is 0 Å². The van der Waals surface area contributed by atoms with Gasteiger partial charge in [0.1, 0.15) is 0 Å². The van der Waals surface area contributed by atoms with Crippen LogP contribution in [0.1, 0.15) is 0 Å². The van der Waals surface area contributed by atoms with Crippen molar-refractivity contribution in [2.24, 2.45) is 0 Å². The summed E-state index contributed by atoms with van der Waals surface area (Å²) in [5.41, 5.74) is 0. The van der Waals surface area contributed by atoms with Crippen LogP contribution in [0.5, 0.6) is 0 Å². The summed E-state index contributed by atoms with van der Waals surface area (Å²) >= 11 is 0. The SMILES string of the molecule is C=CC(=O)O.O[Si](O)(O)F. The first-order valence-corrected chi connectivity index (χ1v) is 3.70. The summed E-state index contributed by atoms with van der Waals surface area (Å²) in [5.74, 6) is -0.981. The fourth-order valence-corrected chi connectivity index (χ4v) is 0. The van der Waals surface area contributed by atoms with E-state index in [0.29, 0.717) is 0 Å². The fraction of sp³-hybridized carbons (Fsp3) is 0. The molecule has 0 aliphatic rings. The van der Waals surface area contributed by atoms with Gasteiger partial charge in [-0.1, -0.05) is 6.58 Å². The van der Waals surface area contributed by atoms with Crippen LogP contribution in [0.15, 0.2) is 12.7 Å². The molecule has 0 amide bonds. The van der Waals surface area contributed by atoms with E-state index in [1.165, 1.54) is 0 Å². The number of halogens is 1. The molecule has 0 aliphatic carbocycles. The van der Waals surface area contributed by atoms with Crippen LogP contribution in [0.2, 0.25) is 0 Å². The fourth-order valence-electron chi connectivity index (χ4n) is 0. The molecule has 0 spiro atoms. The lowest BCUT2D eigenvalue weighted by Gasteiger charge is -1.87. The van der Waals surface area contributed by atoms with Crippen molar-refractivity contribution in [3.05, 3.63) is 12.7 Å². The monoisotopic (exact) mass is 170 g/mol. The summed E-state index contributed by atoms with van der Waals surface area (Å²) in [6, 6.07) is 0. The maximum atomic E-state index is 10.5. The normalized spacial score (nSPS) is 9.20.